The molecule has 0 bridgehead atoms. The molecule has 0 unspecified atom stereocenters. The highest BCUT2D eigenvalue weighted by molar-refractivity contribution is 5.53. The zero-order valence-electron chi connectivity index (χ0n) is 9.34. The smallest absolute Gasteiger partial charge is 0.0379 e. The molecule has 1 nitrogen and oxygen atoms in total. The maximum absolute atomic E-state index is 6.08. The summed E-state index contributed by atoms with van der Waals surface area (Å²) in [4.78, 5) is 0. The highest BCUT2D eigenvalue weighted by Gasteiger charge is 2.02. The van der Waals surface area contributed by atoms with E-state index in [4.69, 9.17) is 5.73 Å². The Kier molecular flexibility index (Phi) is 4.51. The van der Waals surface area contributed by atoms with Gasteiger partial charge < -0.3 is 5.73 Å². The van der Waals surface area contributed by atoms with Crippen molar-refractivity contribution in [3.8, 4) is 0 Å². The van der Waals surface area contributed by atoms with Crippen LogP contribution in [0.2, 0.25) is 0 Å². The molecular weight excluding hydrogens is 170 g/mol. The molecule has 2 N–H and O–H groups in total. The first kappa shape index (κ1) is 11.1. The van der Waals surface area contributed by atoms with Crippen LogP contribution < -0.4 is 5.73 Å². The number of hydrogen-bond acceptors (Lipinski definition) is 1. The third kappa shape index (κ3) is 2.76. The Bertz CT molecular complexity index is 279. The van der Waals surface area contributed by atoms with Crippen LogP contribution in [-0.2, 0) is 12.8 Å². The summed E-state index contributed by atoms with van der Waals surface area (Å²) in [6.07, 6.45) is 6.00. The average molecular weight is 191 g/mol. The first-order chi connectivity index (χ1) is 6.79. The Labute approximate surface area is 87.3 Å². The number of hydrogen-bond donors (Lipinski definition) is 1. The second kappa shape index (κ2) is 5.69. The van der Waals surface area contributed by atoms with E-state index in [1.807, 2.05) is 0 Å². The van der Waals surface area contributed by atoms with Gasteiger partial charge in [0.1, 0.15) is 0 Å². The number of rotatable bonds is 5. The minimum atomic E-state index is 1.02. The van der Waals surface area contributed by atoms with Gasteiger partial charge in [0, 0.05) is 5.69 Å². The SMILES string of the molecule is CCCCCc1cccc(CC)c1N. The molecule has 0 aromatic heterocycles. The van der Waals surface area contributed by atoms with Gasteiger partial charge in [0.2, 0.25) is 0 Å². The van der Waals surface area contributed by atoms with E-state index in [0.29, 0.717) is 0 Å². The molecule has 0 aliphatic carbocycles. The van der Waals surface area contributed by atoms with Gasteiger partial charge in [-0.1, -0.05) is 44.9 Å². The van der Waals surface area contributed by atoms with Crippen molar-refractivity contribution >= 4 is 5.69 Å². The van der Waals surface area contributed by atoms with E-state index in [1.54, 1.807) is 0 Å². The van der Waals surface area contributed by atoms with Crippen LogP contribution in [0.5, 0.6) is 0 Å². The molecule has 1 aromatic rings. The monoisotopic (exact) mass is 191 g/mol. The highest BCUT2D eigenvalue weighted by atomic mass is 14.6. The summed E-state index contributed by atoms with van der Waals surface area (Å²) < 4.78 is 0. The highest BCUT2D eigenvalue weighted by Crippen LogP contribution is 2.20. The van der Waals surface area contributed by atoms with Crippen LogP contribution in [0.1, 0.15) is 44.2 Å². The van der Waals surface area contributed by atoms with Crippen molar-refractivity contribution in [3.63, 3.8) is 0 Å². The van der Waals surface area contributed by atoms with Crippen molar-refractivity contribution in [1.29, 1.82) is 0 Å². The third-order valence-electron chi connectivity index (χ3n) is 2.72. The molecule has 0 aliphatic heterocycles. The summed E-state index contributed by atoms with van der Waals surface area (Å²) in [7, 11) is 0. The molecule has 1 aromatic carbocycles. The van der Waals surface area contributed by atoms with Gasteiger partial charge in [-0.05, 0) is 30.4 Å². The lowest BCUT2D eigenvalue weighted by Gasteiger charge is -2.09. The normalized spacial score (nSPS) is 10.4. The maximum atomic E-state index is 6.08. The Morgan fingerprint density at radius 3 is 2.43 bits per heavy atom. The summed E-state index contributed by atoms with van der Waals surface area (Å²) in [6, 6.07) is 6.40. The molecule has 0 amide bonds. The molecule has 0 heterocycles. The van der Waals surface area contributed by atoms with Crippen LogP contribution in [0, 0.1) is 0 Å². The minimum Gasteiger partial charge on any atom is -0.398 e. The summed E-state index contributed by atoms with van der Waals surface area (Å²) in [6.45, 7) is 4.38. The lowest BCUT2D eigenvalue weighted by Crippen LogP contribution is -1.99. The largest absolute Gasteiger partial charge is 0.398 e. The van der Waals surface area contributed by atoms with Gasteiger partial charge in [-0.2, -0.15) is 0 Å². The predicted molar refractivity (Wildman–Crippen MR) is 63.5 cm³/mol. The molecule has 0 aliphatic rings. The molecule has 78 valence electrons. The van der Waals surface area contributed by atoms with E-state index in [-0.39, 0.29) is 0 Å². The first-order valence-electron chi connectivity index (χ1n) is 5.65. The van der Waals surface area contributed by atoms with Crippen LogP contribution in [0.15, 0.2) is 18.2 Å². The molecule has 14 heavy (non-hydrogen) atoms. The van der Waals surface area contributed by atoms with Gasteiger partial charge in [0.05, 0.1) is 0 Å². The summed E-state index contributed by atoms with van der Waals surface area (Å²) in [5.74, 6) is 0. The minimum absolute atomic E-state index is 1.02. The fourth-order valence-corrected chi connectivity index (χ4v) is 1.76. The maximum Gasteiger partial charge on any atom is 0.0379 e. The predicted octanol–water partition coefficient (Wildman–Crippen LogP) is 3.56. The zero-order valence-corrected chi connectivity index (χ0v) is 9.34. The van der Waals surface area contributed by atoms with Crippen LogP contribution in [0.3, 0.4) is 0 Å². The summed E-state index contributed by atoms with van der Waals surface area (Å²) in [5, 5.41) is 0. The van der Waals surface area contributed by atoms with E-state index in [0.717, 1.165) is 18.5 Å². The van der Waals surface area contributed by atoms with Gasteiger partial charge >= 0.3 is 0 Å². The number of unbranched alkanes of at least 4 members (excludes halogenated alkanes) is 2. The Morgan fingerprint density at radius 2 is 1.79 bits per heavy atom. The van der Waals surface area contributed by atoms with Crippen molar-refractivity contribution in [2.45, 2.75) is 46.0 Å². The molecule has 0 saturated heterocycles. The fraction of sp³-hybridized carbons (Fsp3) is 0.538. The molecule has 0 radical (unpaired) electrons. The van der Waals surface area contributed by atoms with E-state index in [1.165, 1.54) is 30.4 Å². The van der Waals surface area contributed by atoms with Crippen molar-refractivity contribution in [1.82, 2.24) is 0 Å². The third-order valence-corrected chi connectivity index (χ3v) is 2.72. The number of para-hydroxylation sites is 1. The van der Waals surface area contributed by atoms with E-state index >= 15 is 0 Å². The van der Waals surface area contributed by atoms with E-state index in [2.05, 4.69) is 32.0 Å². The van der Waals surface area contributed by atoms with Gasteiger partial charge in [-0.3, -0.25) is 0 Å². The van der Waals surface area contributed by atoms with Crippen LogP contribution in [0.4, 0.5) is 5.69 Å². The molecule has 0 fully saturated rings. The Balaban J connectivity index is 2.66. The standard InChI is InChI=1S/C13H21N/c1-3-5-6-8-12-10-7-9-11(4-2)13(12)14/h7,9-10H,3-6,8,14H2,1-2H3. The Morgan fingerprint density at radius 1 is 1.07 bits per heavy atom. The van der Waals surface area contributed by atoms with Crippen molar-refractivity contribution in [3.05, 3.63) is 29.3 Å². The number of anilines is 1. The topological polar surface area (TPSA) is 26.0 Å². The molecular formula is C13H21N. The van der Waals surface area contributed by atoms with Crippen LogP contribution in [0.25, 0.3) is 0 Å². The van der Waals surface area contributed by atoms with Gasteiger partial charge in [0.15, 0.2) is 0 Å². The number of aryl methyl sites for hydroxylation is 2. The second-order valence-corrected chi connectivity index (χ2v) is 3.80. The quantitative estimate of drug-likeness (QED) is 0.559. The van der Waals surface area contributed by atoms with E-state index < -0.39 is 0 Å². The van der Waals surface area contributed by atoms with Crippen molar-refractivity contribution in [2.75, 3.05) is 5.73 Å². The van der Waals surface area contributed by atoms with Gasteiger partial charge in [0.25, 0.3) is 0 Å². The van der Waals surface area contributed by atoms with Crippen molar-refractivity contribution < 1.29 is 0 Å². The summed E-state index contributed by atoms with van der Waals surface area (Å²) >= 11 is 0. The number of benzene rings is 1. The van der Waals surface area contributed by atoms with Gasteiger partial charge in [-0.15, -0.1) is 0 Å². The van der Waals surface area contributed by atoms with Crippen LogP contribution >= 0.6 is 0 Å². The molecule has 1 heteroatoms. The molecule has 1 rings (SSSR count). The second-order valence-electron chi connectivity index (χ2n) is 3.80. The summed E-state index contributed by atoms with van der Waals surface area (Å²) in [5.41, 5.74) is 9.72. The first-order valence-corrected chi connectivity index (χ1v) is 5.65. The average Bonchev–Trinajstić information content (AvgIpc) is 2.21. The Hall–Kier alpha value is -0.980. The lowest BCUT2D eigenvalue weighted by molar-refractivity contribution is 0.718. The molecule has 0 atom stereocenters. The number of nitrogen functional groups attached to an aromatic ring is 1. The zero-order chi connectivity index (χ0) is 10.4. The molecule has 0 spiro atoms. The lowest BCUT2D eigenvalue weighted by atomic mass is 10.0. The number of nitrogens with two attached hydrogens (primary N) is 1. The molecule has 0 saturated carbocycles. The fourth-order valence-electron chi connectivity index (χ4n) is 1.76. The van der Waals surface area contributed by atoms with Crippen molar-refractivity contribution in [2.24, 2.45) is 0 Å². The van der Waals surface area contributed by atoms with Crippen LogP contribution in [-0.4, -0.2) is 0 Å². The van der Waals surface area contributed by atoms with E-state index in [9.17, 15) is 0 Å². The van der Waals surface area contributed by atoms with Gasteiger partial charge in [-0.25, -0.2) is 0 Å².